The fraction of sp³-hybridized carbons (Fsp3) is 0.316. The first-order chi connectivity index (χ1) is 23.5. The molecule has 12 heteroatoms. The van der Waals surface area contributed by atoms with E-state index in [1.807, 2.05) is 74.5 Å². The molecule has 0 fully saturated rings. The van der Waals surface area contributed by atoms with Crippen molar-refractivity contribution in [2.75, 3.05) is 0 Å². The molecule has 0 heterocycles. The SMILES string of the molecule is CB(O)C[C@H](Cc1ccc(-c2cc(C)ccc2C)cc1)C(=O)O.CB(O)C[C@H](Cc1ccc(Br)cc1)C(=O)O.Cc1ccc(C)c(B(O)O)c1. The van der Waals surface area contributed by atoms with Gasteiger partial charge in [0.2, 0.25) is 0 Å². The van der Waals surface area contributed by atoms with Crippen LogP contribution in [0.25, 0.3) is 11.1 Å². The monoisotopic (exact) mass is 744 g/mol. The molecule has 0 aliphatic rings. The molecule has 50 heavy (non-hydrogen) atoms. The Morgan fingerprint density at radius 2 is 1.04 bits per heavy atom. The molecule has 4 aromatic rings. The van der Waals surface area contributed by atoms with E-state index in [1.165, 1.54) is 16.7 Å². The predicted octanol–water partition coefficient (Wildman–Crippen LogP) is 6.12. The van der Waals surface area contributed by atoms with Gasteiger partial charge in [0.05, 0.1) is 11.8 Å². The topological polar surface area (TPSA) is 156 Å². The number of hydrogen-bond acceptors (Lipinski definition) is 6. The van der Waals surface area contributed by atoms with Gasteiger partial charge in [-0.3, -0.25) is 9.59 Å². The van der Waals surface area contributed by atoms with Crippen LogP contribution in [0.4, 0.5) is 0 Å². The third-order valence-corrected chi connectivity index (χ3v) is 8.73. The van der Waals surface area contributed by atoms with Gasteiger partial charge in [-0.15, -0.1) is 0 Å². The number of rotatable bonds is 12. The Kier molecular flexibility index (Phi) is 17.7. The van der Waals surface area contributed by atoms with E-state index in [2.05, 4.69) is 48.0 Å². The molecule has 0 saturated carbocycles. The van der Waals surface area contributed by atoms with Gasteiger partial charge < -0.3 is 30.3 Å². The highest BCUT2D eigenvalue weighted by Crippen LogP contribution is 2.26. The van der Waals surface area contributed by atoms with Crippen LogP contribution in [0.5, 0.6) is 0 Å². The van der Waals surface area contributed by atoms with E-state index in [0.717, 1.165) is 32.3 Å². The zero-order valence-electron chi connectivity index (χ0n) is 29.7. The van der Waals surface area contributed by atoms with Gasteiger partial charge in [-0.1, -0.05) is 119 Å². The first-order valence-corrected chi connectivity index (χ1v) is 17.4. The smallest absolute Gasteiger partial charge is 0.481 e. The maximum absolute atomic E-state index is 11.3. The van der Waals surface area contributed by atoms with E-state index in [9.17, 15) is 24.7 Å². The number of halogens is 1. The van der Waals surface area contributed by atoms with Crippen molar-refractivity contribution >= 4 is 54.3 Å². The molecule has 4 rings (SSSR count). The minimum Gasteiger partial charge on any atom is -0.481 e. The maximum Gasteiger partial charge on any atom is 0.488 e. The summed E-state index contributed by atoms with van der Waals surface area (Å²) < 4.78 is 0.971. The molecule has 0 aliphatic heterocycles. The molecule has 0 radical (unpaired) electrons. The zero-order valence-corrected chi connectivity index (χ0v) is 31.3. The Morgan fingerprint density at radius 1 is 0.620 bits per heavy atom. The summed E-state index contributed by atoms with van der Waals surface area (Å²) in [7, 11) is -1.35. The molecule has 0 bridgehead atoms. The fourth-order valence-electron chi connectivity index (χ4n) is 5.46. The quantitative estimate of drug-likeness (QED) is 0.0950. The minimum absolute atomic E-state index is 0.272. The number of aliphatic carboxylic acids is 2. The van der Waals surface area contributed by atoms with Crippen molar-refractivity contribution < 1.29 is 39.9 Å². The lowest BCUT2D eigenvalue weighted by Crippen LogP contribution is -2.32. The molecule has 0 amide bonds. The molecule has 0 saturated heterocycles. The molecule has 8 nitrogen and oxygen atoms in total. The Labute approximate surface area is 305 Å². The standard InChI is InChI=1S/C19H23BO3.C11H14BBrO3.C8H11BO2/c1-13-4-5-14(2)18(10-13)16-8-6-15(7-9-16)11-17(19(21)22)12-20(3)23;1-12(16)7-9(11(14)15)6-8-2-4-10(13)5-3-8;1-6-3-4-7(2)8(5-6)9(10)11/h4-10,17,23H,11-12H2,1-3H3,(H,21,22);2-5,9,16H,6-7H2,1H3,(H,14,15);3-5,10-11H,1-2H3/t17-;9-;/m00./s1. The van der Waals surface area contributed by atoms with Crippen molar-refractivity contribution in [3.8, 4) is 11.1 Å². The summed E-state index contributed by atoms with van der Waals surface area (Å²) in [6.45, 7) is 9.98. The van der Waals surface area contributed by atoms with Gasteiger partial charge in [0.1, 0.15) is 0 Å². The number of aryl methyl sites for hydroxylation is 4. The van der Waals surface area contributed by atoms with Crippen LogP contribution in [0.15, 0.2) is 89.4 Å². The molecule has 0 aromatic heterocycles. The van der Waals surface area contributed by atoms with Crippen LogP contribution in [0.1, 0.15) is 33.4 Å². The zero-order chi connectivity index (χ0) is 37.5. The summed E-state index contributed by atoms with van der Waals surface area (Å²) in [5, 5.41) is 54.7. The molecule has 0 aliphatic carbocycles. The van der Waals surface area contributed by atoms with E-state index in [0.29, 0.717) is 18.3 Å². The third-order valence-electron chi connectivity index (χ3n) is 8.20. The van der Waals surface area contributed by atoms with Crippen molar-refractivity contribution in [2.24, 2.45) is 11.8 Å². The molecule has 0 spiro atoms. The lowest BCUT2D eigenvalue weighted by atomic mass is 9.63. The van der Waals surface area contributed by atoms with E-state index in [1.54, 1.807) is 19.7 Å². The van der Waals surface area contributed by atoms with Crippen LogP contribution >= 0.6 is 15.9 Å². The number of carbonyl (C=O) groups is 2. The second-order valence-corrected chi connectivity index (χ2v) is 13.9. The summed E-state index contributed by atoms with van der Waals surface area (Å²) in [5.74, 6) is -2.80. The van der Waals surface area contributed by atoms with Crippen LogP contribution in [0, 0.1) is 39.5 Å². The van der Waals surface area contributed by atoms with Crippen molar-refractivity contribution in [3.63, 3.8) is 0 Å². The lowest BCUT2D eigenvalue weighted by Gasteiger charge is -2.13. The van der Waals surface area contributed by atoms with E-state index in [-0.39, 0.29) is 12.6 Å². The summed E-state index contributed by atoms with van der Waals surface area (Å²) >= 11 is 3.32. The average molecular weight is 745 g/mol. The molecule has 2 atom stereocenters. The van der Waals surface area contributed by atoms with Crippen LogP contribution in [-0.2, 0) is 22.4 Å². The van der Waals surface area contributed by atoms with Crippen molar-refractivity contribution in [2.45, 2.75) is 66.8 Å². The number of hydrogen-bond donors (Lipinski definition) is 6. The number of carboxylic acids is 2. The number of benzene rings is 4. The first kappa shape index (κ1) is 42.5. The molecule has 264 valence electrons. The van der Waals surface area contributed by atoms with Gasteiger partial charge in [0, 0.05) is 4.47 Å². The Bertz CT molecular complexity index is 1660. The molecule has 4 aromatic carbocycles. The maximum atomic E-state index is 11.3. The highest BCUT2D eigenvalue weighted by molar-refractivity contribution is 9.10. The van der Waals surface area contributed by atoms with Crippen LogP contribution in [0.2, 0.25) is 26.3 Å². The largest absolute Gasteiger partial charge is 0.488 e. The second-order valence-electron chi connectivity index (χ2n) is 13.0. The average Bonchev–Trinajstić information content (AvgIpc) is 3.04. The Hall–Kier alpha value is -3.67. The summed E-state index contributed by atoms with van der Waals surface area (Å²) in [4.78, 5) is 22.3. The van der Waals surface area contributed by atoms with Gasteiger partial charge in [0.25, 0.3) is 13.8 Å². The van der Waals surface area contributed by atoms with E-state index in [4.69, 9.17) is 15.2 Å². The van der Waals surface area contributed by atoms with Gasteiger partial charge in [0.15, 0.2) is 0 Å². The minimum atomic E-state index is -1.35. The van der Waals surface area contributed by atoms with Crippen LogP contribution < -0.4 is 5.46 Å². The molecule has 0 unspecified atom stereocenters. The third kappa shape index (κ3) is 15.1. The lowest BCUT2D eigenvalue weighted by molar-refractivity contribution is -0.142. The van der Waals surface area contributed by atoms with E-state index < -0.39 is 44.7 Å². The van der Waals surface area contributed by atoms with Gasteiger partial charge in [-0.05, 0) is 98.6 Å². The van der Waals surface area contributed by atoms with Crippen LogP contribution in [0.3, 0.4) is 0 Å². The normalized spacial score (nSPS) is 11.6. The number of carboxylic acid groups (broad SMARTS) is 2. The fourth-order valence-corrected chi connectivity index (χ4v) is 5.73. The van der Waals surface area contributed by atoms with Crippen molar-refractivity contribution in [3.05, 3.63) is 123 Å². The molecular weight excluding hydrogens is 697 g/mol. The Morgan fingerprint density at radius 3 is 1.44 bits per heavy atom. The first-order valence-electron chi connectivity index (χ1n) is 16.6. The van der Waals surface area contributed by atoms with Gasteiger partial charge >= 0.3 is 19.1 Å². The van der Waals surface area contributed by atoms with Crippen LogP contribution in [-0.4, -0.2) is 63.2 Å². The molecular formula is C38H48B3BrO8. The highest BCUT2D eigenvalue weighted by atomic mass is 79.9. The summed E-state index contributed by atoms with van der Waals surface area (Å²) in [6.07, 6.45) is 1.44. The van der Waals surface area contributed by atoms with Crippen molar-refractivity contribution in [1.82, 2.24) is 0 Å². The van der Waals surface area contributed by atoms with Gasteiger partial charge in [-0.25, -0.2) is 0 Å². The van der Waals surface area contributed by atoms with Crippen molar-refractivity contribution in [1.29, 1.82) is 0 Å². The summed E-state index contributed by atoms with van der Waals surface area (Å²) in [6, 6.07) is 27.6. The van der Waals surface area contributed by atoms with E-state index >= 15 is 0 Å². The Balaban J connectivity index is 0.000000279. The predicted molar refractivity (Wildman–Crippen MR) is 208 cm³/mol. The highest BCUT2D eigenvalue weighted by Gasteiger charge is 2.23. The second kappa shape index (κ2) is 20.9. The summed E-state index contributed by atoms with van der Waals surface area (Å²) in [5.41, 5.74) is 9.27. The molecule has 6 N–H and O–H groups in total. The van der Waals surface area contributed by atoms with Gasteiger partial charge in [-0.2, -0.15) is 0 Å².